The van der Waals surface area contributed by atoms with Crippen LogP contribution in [0.1, 0.15) is 30.6 Å². The van der Waals surface area contributed by atoms with Crippen LogP contribution >= 0.6 is 0 Å². The van der Waals surface area contributed by atoms with Crippen molar-refractivity contribution in [1.82, 2.24) is 5.32 Å². The molecular weight excluding hydrogens is 226 g/mol. The molecule has 0 aliphatic heterocycles. The average Bonchev–Trinajstić information content (AvgIpc) is 2.15. The Labute approximate surface area is 99.0 Å². The van der Waals surface area contributed by atoms with Gasteiger partial charge in [-0.15, -0.1) is 0 Å². The summed E-state index contributed by atoms with van der Waals surface area (Å²) < 4.78 is 26.6. The normalized spacial score (nSPS) is 14.2. The predicted octanol–water partition coefficient (Wildman–Crippen LogP) is 1.82. The van der Waals surface area contributed by atoms with Crippen molar-refractivity contribution in [2.45, 2.75) is 32.4 Å². The lowest BCUT2D eigenvalue weighted by atomic mass is 10.1. The number of halogens is 2. The van der Waals surface area contributed by atoms with E-state index in [0.29, 0.717) is 6.42 Å². The summed E-state index contributed by atoms with van der Waals surface area (Å²) in [6, 6.07) is 2.99. The number of nitrogens with one attached hydrogen (secondary N) is 1. The lowest BCUT2D eigenvalue weighted by molar-refractivity contribution is 0.0929. The number of carbonyl (C=O) groups is 1. The van der Waals surface area contributed by atoms with Crippen LogP contribution in [-0.2, 0) is 0 Å². The summed E-state index contributed by atoms with van der Waals surface area (Å²) in [6.45, 7) is 3.53. The molecular formula is C12H16F2N2O. The third kappa shape index (κ3) is 3.78. The lowest BCUT2D eigenvalue weighted by Crippen LogP contribution is -2.37. The van der Waals surface area contributed by atoms with Gasteiger partial charge in [0.05, 0.1) is 0 Å². The Hall–Kier alpha value is -1.49. The van der Waals surface area contributed by atoms with Crippen LogP contribution in [0.3, 0.4) is 0 Å². The fraction of sp³-hybridized carbons (Fsp3) is 0.417. The van der Waals surface area contributed by atoms with Gasteiger partial charge in [0, 0.05) is 12.1 Å². The number of carbonyl (C=O) groups excluding carboxylic acids is 1. The molecule has 1 amide bonds. The highest BCUT2D eigenvalue weighted by atomic mass is 19.1. The molecule has 0 aliphatic carbocycles. The molecule has 0 saturated carbocycles. The van der Waals surface area contributed by atoms with Crippen molar-refractivity contribution in [2.24, 2.45) is 5.73 Å². The minimum absolute atomic E-state index is 0.0873. The van der Waals surface area contributed by atoms with Gasteiger partial charge >= 0.3 is 0 Å². The Bertz CT molecular complexity index is 387. The fourth-order valence-corrected chi connectivity index (χ4v) is 1.63. The van der Waals surface area contributed by atoms with Crippen molar-refractivity contribution in [2.75, 3.05) is 0 Å². The van der Waals surface area contributed by atoms with E-state index in [2.05, 4.69) is 5.32 Å². The third-order valence-electron chi connectivity index (χ3n) is 2.29. The van der Waals surface area contributed by atoms with Crippen molar-refractivity contribution < 1.29 is 13.6 Å². The smallest absolute Gasteiger partial charge is 0.257 e. The van der Waals surface area contributed by atoms with Gasteiger partial charge in [-0.3, -0.25) is 4.79 Å². The second-order valence-electron chi connectivity index (χ2n) is 4.18. The van der Waals surface area contributed by atoms with Crippen LogP contribution in [0.2, 0.25) is 0 Å². The summed E-state index contributed by atoms with van der Waals surface area (Å²) in [4.78, 5) is 11.6. The van der Waals surface area contributed by atoms with Gasteiger partial charge in [-0.05, 0) is 32.4 Å². The third-order valence-corrected chi connectivity index (χ3v) is 2.29. The number of rotatable bonds is 4. The molecule has 5 heteroatoms. The molecule has 0 heterocycles. The molecule has 17 heavy (non-hydrogen) atoms. The van der Waals surface area contributed by atoms with Gasteiger partial charge in [0.2, 0.25) is 0 Å². The molecule has 3 nitrogen and oxygen atoms in total. The molecule has 0 saturated heterocycles. The standard InChI is InChI=1S/C12H16F2N2O/c1-7(15)6-8(2)16-12(17)11-9(13)4-3-5-10(11)14/h3-5,7-8H,6,15H2,1-2H3,(H,16,17). The predicted molar refractivity (Wildman–Crippen MR) is 61.6 cm³/mol. The van der Waals surface area contributed by atoms with Crippen LogP contribution < -0.4 is 11.1 Å². The van der Waals surface area contributed by atoms with Crippen molar-refractivity contribution in [3.63, 3.8) is 0 Å². The minimum Gasteiger partial charge on any atom is -0.349 e. The van der Waals surface area contributed by atoms with Crippen molar-refractivity contribution in [3.8, 4) is 0 Å². The zero-order valence-corrected chi connectivity index (χ0v) is 9.84. The van der Waals surface area contributed by atoms with Gasteiger partial charge < -0.3 is 11.1 Å². The maximum absolute atomic E-state index is 13.3. The van der Waals surface area contributed by atoms with Gasteiger partial charge in [0.25, 0.3) is 5.91 Å². The Morgan fingerprint density at radius 1 is 1.35 bits per heavy atom. The molecule has 1 aromatic rings. The molecule has 2 atom stereocenters. The van der Waals surface area contributed by atoms with Crippen LogP contribution in [0.5, 0.6) is 0 Å². The monoisotopic (exact) mass is 242 g/mol. The minimum atomic E-state index is -0.865. The lowest BCUT2D eigenvalue weighted by Gasteiger charge is -2.16. The Kier molecular flexibility index (Phi) is 4.57. The molecule has 0 bridgehead atoms. The number of amides is 1. The number of hydrogen-bond acceptors (Lipinski definition) is 2. The highest BCUT2D eigenvalue weighted by molar-refractivity contribution is 5.94. The van der Waals surface area contributed by atoms with Gasteiger partial charge in [-0.25, -0.2) is 8.78 Å². The highest BCUT2D eigenvalue weighted by Gasteiger charge is 2.18. The molecule has 1 rings (SSSR count). The summed E-state index contributed by atoms with van der Waals surface area (Å²) in [7, 11) is 0. The van der Waals surface area contributed by atoms with Gasteiger partial charge in [0.15, 0.2) is 0 Å². The van der Waals surface area contributed by atoms with Crippen molar-refractivity contribution in [1.29, 1.82) is 0 Å². The van der Waals surface area contributed by atoms with Crippen LogP contribution in [0.4, 0.5) is 8.78 Å². The van der Waals surface area contributed by atoms with E-state index >= 15 is 0 Å². The van der Waals surface area contributed by atoms with Gasteiger partial charge in [0.1, 0.15) is 17.2 Å². The van der Waals surface area contributed by atoms with Crippen LogP contribution in [0.15, 0.2) is 18.2 Å². The molecule has 1 aromatic carbocycles. The highest BCUT2D eigenvalue weighted by Crippen LogP contribution is 2.12. The van der Waals surface area contributed by atoms with Crippen molar-refractivity contribution in [3.05, 3.63) is 35.4 Å². The molecule has 3 N–H and O–H groups in total. The average molecular weight is 242 g/mol. The van der Waals surface area contributed by atoms with Crippen LogP contribution in [0, 0.1) is 11.6 Å². The number of nitrogens with two attached hydrogens (primary N) is 1. The summed E-state index contributed by atoms with van der Waals surface area (Å²) in [5.41, 5.74) is 5.02. The molecule has 2 unspecified atom stereocenters. The van der Waals surface area contributed by atoms with E-state index in [1.165, 1.54) is 6.07 Å². The van der Waals surface area contributed by atoms with E-state index in [9.17, 15) is 13.6 Å². The first-order valence-corrected chi connectivity index (χ1v) is 5.42. The Morgan fingerprint density at radius 3 is 2.35 bits per heavy atom. The second-order valence-corrected chi connectivity index (χ2v) is 4.18. The Balaban J connectivity index is 2.77. The molecule has 0 aromatic heterocycles. The van der Waals surface area contributed by atoms with Crippen LogP contribution in [-0.4, -0.2) is 18.0 Å². The molecule has 0 aliphatic rings. The van der Waals surface area contributed by atoms with Gasteiger partial charge in [-0.1, -0.05) is 6.07 Å². The SMILES string of the molecule is CC(N)CC(C)NC(=O)c1c(F)cccc1F. The Morgan fingerprint density at radius 2 is 1.88 bits per heavy atom. The van der Waals surface area contributed by atoms with E-state index in [1.54, 1.807) is 13.8 Å². The summed E-state index contributed by atoms with van der Waals surface area (Å²) >= 11 is 0. The second kappa shape index (κ2) is 5.72. The van der Waals surface area contributed by atoms with E-state index < -0.39 is 23.1 Å². The first-order valence-electron chi connectivity index (χ1n) is 5.42. The summed E-state index contributed by atoms with van der Waals surface area (Å²) in [6.07, 6.45) is 0.543. The molecule has 0 fully saturated rings. The van der Waals surface area contributed by atoms with E-state index in [4.69, 9.17) is 5.73 Å². The molecule has 94 valence electrons. The first-order chi connectivity index (χ1) is 7.91. The number of benzene rings is 1. The number of hydrogen-bond donors (Lipinski definition) is 2. The topological polar surface area (TPSA) is 55.1 Å². The van der Waals surface area contributed by atoms with E-state index in [0.717, 1.165) is 12.1 Å². The van der Waals surface area contributed by atoms with Crippen molar-refractivity contribution >= 4 is 5.91 Å². The van der Waals surface area contributed by atoms with E-state index in [1.807, 2.05) is 0 Å². The van der Waals surface area contributed by atoms with E-state index in [-0.39, 0.29) is 12.1 Å². The summed E-state index contributed by atoms with van der Waals surface area (Å²) in [5.74, 6) is -2.49. The largest absolute Gasteiger partial charge is 0.349 e. The zero-order valence-electron chi connectivity index (χ0n) is 9.84. The molecule has 0 spiro atoms. The van der Waals surface area contributed by atoms with Crippen LogP contribution in [0.25, 0.3) is 0 Å². The summed E-state index contributed by atoms with van der Waals surface area (Å²) in [5, 5.41) is 2.51. The fourth-order valence-electron chi connectivity index (χ4n) is 1.63. The zero-order chi connectivity index (χ0) is 13.0. The maximum atomic E-state index is 13.3. The molecule has 0 radical (unpaired) electrons. The maximum Gasteiger partial charge on any atom is 0.257 e. The van der Waals surface area contributed by atoms with Gasteiger partial charge in [-0.2, -0.15) is 0 Å². The quantitative estimate of drug-likeness (QED) is 0.846. The first kappa shape index (κ1) is 13.6.